The van der Waals surface area contributed by atoms with Crippen LogP contribution in [0.2, 0.25) is 0 Å². The second kappa shape index (κ2) is 7.79. The molecule has 1 N–H and O–H groups in total. The Morgan fingerprint density at radius 2 is 1.96 bits per heavy atom. The van der Waals surface area contributed by atoms with Gasteiger partial charge in [0.15, 0.2) is 5.13 Å². The standard InChI is InChI=1S/C19H27N3OS/c1-6-22(7-2)18-21-16(13-24-18)14-9-8-10-15(11-14)20-17(23)12-19(3,4)5/h8-11,13H,6-7,12H2,1-5H3,(H,20,23). The first kappa shape index (κ1) is 18.5. The van der Waals surface area contributed by atoms with E-state index < -0.39 is 0 Å². The molecule has 2 aromatic rings. The van der Waals surface area contributed by atoms with Gasteiger partial charge in [-0.3, -0.25) is 4.79 Å². The maximum atomic E-state index is 12.1. The van der Waals surface area contributed by atoms with Crippen molar-refractivity contribution >= 4 is 28.1 Å². The number of anilines is 2. The fourth-order valence-corrected chi connectivity index (χ4v) is 3.44. The highest BCUT2D eigenvalue weighted by atomic mass is 32.1. The predicted octanol–water partition coefficient (Wildman–Crippen LogP) is 5.03. The van der Waals surface area contributed by atoms with Crippen LogP contribution in [0.1, 0.15) is 41.0 Å². The molecule has 1 aromatic heterocycles. The Labute approximate surface area is 148 Å². The van der Waals surface area contributed by atoms with E-state index in [1.165, 1.54) is 0 Å². The van der Waals surface area contributed by atoms with Crippen LogP contribution in [0.3, 0.4) is 0 Å². The highest BCUT2D eigenvalue weighted by Gasteiger charge is 2.16. The fraction of sp³-hybridized carbons (Fsp3) is 0.474. The number of aromatic nitrogens is 1. The second-order valence-electron chi connectivity index (χ2n) is 7.05. The average Bonchev–Trinajstić information content (AvgIpc) is 2.96. The molecule has 0 spiro atoms. The molecule has 2 rings (SSSR count). The zero-order valence-corrected chi connectivity index (χ0v) is 16.0. The minimum atomic E-state index is -0.0186. The van der Waals surface area contributed by atoms with Crippen LogP contribution in [0, 0.1) is 5.41 Å². The number of rotatable bonds is 6. The van der Waals surface area contributed by atoms with Gasteiger partial charge < -0.3 is 10.2 Å². The van der Waals surface area contributed by atoms with E-state index in [0.29, 0.717) is 6.42 Å². The molecule has 1 aromatic carbocycles. The average molecular weight is 346 g/mol. The van der Waals surface area contributed by atoms with Gasteiger partial charge in [-0.05, 0) is 31.4 Å². The third-order valence-electron chi connectivity index (χ3n) is 3.66. The van der Waals surface area contributed by atoms with Crippen molar-refractivity contribution in [2.45, 2.75) is 41.0 Å². The maximum Gasteiger partial charge on any atom is 0.224 e. The molecule has 130 valence electrons. The first-order chi connectivity index (χ1) is 11.3. The number of amides is 1. The second-order valence-corrected chi connectivity index (χ2v) is 7.89. The lowest BCUT2D eigenvalue weighted by Crippen LogP contribution is -2.21. The van der Waals surface area contributed by atoms with E-state index >= 15 is 0 Å². The number of nitrogens with zero attached hydrogens (tertiary/aromatic N) is 2. The normalized spacial score (nSPS) is 11.4. The van der Waals surface area contributed by atoms with E-state index in [4.69, 9.17) is 4.98 Å². The summed E-state index contributed by atoms with van der Waals surface area (Å²) < 4.78 is 0. The van der Waals surface area contributed by atoms with Crippen molar-refractivity contribution in [1.82, 2.24) is 4.98 Å². The Bertz CT molecular complexity index is 684. The summed E-state index contributed by atoms with van der Waals surface area (Å²) >= 11 is 1.66. The molecule has 1 amide bonds. The van der Waals surface area contributed by atoms with Gasteiger partial charge in [0.2, 0.25) is 5.91 Å². The number of hydrogen-bond donors (Lipinski definition) is 1. The van der Waals surface area contributed by atoms with Gasteiger partial charge in [-0.1, -0.05) is 32.9 Å². The number of carbonyl (C=O) groups is 1. The summed E-state index contributed by atoms with van der Waals surface area (Å²) in [5.74, 6) is 0.0433. The Balaban J connectivity index is 2.14. The van der Waals surface area contributed by atoms with Crippen LogP contribution in [-0.4, -0.2) is 24.0 Å². The van der Waals surface area contributed by atoms with E-state index in [-0.39, 0.29) is 11.3 Å². The molecule has 24 heavy (non-hydrogen) atoms. The molecule has 0 saturated heterocycles. The third kappa shape index (κ3) is 5.06. The first-order valence-electron chi connectivity index (χ1n) is 8.43. The van der Waals surface area contributed by atoms with E-state index in [2.05, 4.69) is 50.2 Å². The third-order valence-corrected chi connectivity index (χ3v) is 4.56. The molecule has 0 unspecified atom stereocenters. The summed E-state index contributed by atoms with van der Waals surface area (Å²) in [5, 5.41) is 6.10. The van der Waals surface area contributed by atoms with Gasteiger partial charge in [-0.2, -0.15) is 0 Å². The zero-order valence-electron chi connectivity index (χ0n) is 15.2. The first-order valence-corrected chi connectivity index (χ1v) is 9.31. The number of benzene rings is 1. The van der Waals surface area contributed by atoms with Gasteiger partial charge in [0.1, 0.15) is 0 Å². The van der Waals surface area contributed by atoms with Crippen LogP contribution >= 0.6 is 11.3 Å². The lowest BCUT2D eigenvalue weighted by molar-refractivity contribution is -0.117. The Morgan fingerprint density at radius 1 is 1.25 bits per heavy atom. The summed E-state index contributed by atoms with van der Waals surface area (Å²) in [6, 6.07) is 7.89. The lowest BCUT2D eigenvalue weighted by Gasteiger charge is -2.17. The molecule has 4 nitrogen and oxygen atoms in total. The molecule has 0 atom stereocenters. The number of carbonyl (C=O) groups excluding carboxylic acids is 1. The Morgan fingerprint density at radius 3 is 2.58 bits per heavy atom. The van der Waals surface area contributed by atoms with Crippen molar-refractivity contribution in [3.63, 3.8) is 0 Å². The molecule has 0 aliphatic heterocycles. The minimum Gasteiger partial charge on any atom is -0.349 e. The number of nitrogens with one attached hydrogen (secondary N) is 1. The lowest BCUT2D eigenvalue weighted by atomic mass is 9.92. The van der Waals surface area contributed by atoms with Crippen LogP contribution < -0.4 is 10.2 Å². The molecule has 0 fully saturated rings. The van der Waals surface area contributed by atoms with Crippen molar-refractivity contribution in [3.8, 4) is 11.3 Å². The number of thiazole rings is 1. The molecule has 0 aliphatic carbocycles. The van der Waals surface area contributed by atoms with E-state index in [9.17, 15) is 4.79 Å². The highest BCUT2D eigenvalue weighted by molar-refractivity contribution is 7.14. The van der Waals surface area contributed by atoms with Crippen molar-refractivity contribution < 1.29 is 4.79 Å². The van der Waals surface area contributed by atoms with Gasteiger partial charge in [0, 0.05) is 36.1 Å². The fourth-order valence-electron chi connectivity index (χ4n) is 2.48. The monoisotopic (exact) mass is 345 g/mol. The SMILES string of the molecule is CCN(CC)c1nc(-c2cccc(NC(=O)CC(C)(C)C)c2)cs1. The van der Waals surface area contributed by atoms with Crippen molar-refractivity contribution in [2.75, 3.05) is 23.3 Å². The van der Waals surface area contributed by atoms with Crippen molar-refractivity contribution in [1.29, 1.82) is 0 Å². The molecule has 5 heteroatoms. The molecule has 0 bridgehead atoms. The quantitative estimate of drug-likeness (QED) is 0.798. The zero-order chi connectivity index (χ0) is 17.7. The van der Waals surface area contributed by atoms with Gasteiger partial charge in [0.05, 0.1) is 5.69 Å². The van der Waals surface area contributed by atoms with Gasteiger partial charge in [-0.15, -0.1) is 11.3 Å². The van der Waals surface area contributed by atoms with E-state index in [0.717, 1.165) is 35.2 Å². The molecular weight excluding hydrogens is 318 g/mol. The minimum absolute atomic E-state index is 0.0186. The topological polar surface area (TPSA) is 45.2 Å². The van der Waals surface area contributed by atoms with Gasteiger partial charge in [0.25, 0.3) is 0 Å². The van der Waals surface area contributed by atoms with Crippen LogP contribution in [-0.2, 0) is 4.79 Å². The van der Waals surface area contributed by atoms with Crippen LogP contribution in [0.5, 0.6) is 0 Å². The molecule has 0 saturated carbocycles. The summed E-state index contributed by atoms with van der Waals surface area (Å²) in [4.78, 5) is 19.1. The summed E-state index contributed by atoms with van der Waals surface area (Å²) in [7, 11) is 0. The number of hydrogen-bond acceptors (Lipinski definition) is 4. The maximum absolute atomic E-state index is 12.1. The predicted molar refractivity (Wildman–Crippen MR) is 104 cm³/mol. The summed E-state index contributed by atoms with van der Waals surface area (Å²) in [6.07, 6.45) is 0.500. The van der Waals surface area contributed by atoms with Crippen molar-refractivity contribution in [3.05, 3.63) is 29.6 Å². The summed E-state index contributed by atoms with van der Waals surface area (Å²) in [5.41, 5.74) is 2.78. The van der Waals surface area contributed by atoms with Gasteiger partial charge in [-0.25, -0.2) is 4.98 Å². The molecule has 0 radical (unpaired) electrons. The Kier molecular flexibility index (Phi) is 5.99. The van der Waals surface area contributed by atoms with E-state index in [1.54, 1.807) is 11.3 Å². The van der Waals surface area contributed by atoms with Crippen LogP contribution in [0.4, 0.5) is 10.8 Å². The smallest absolute Gasteiger partial charge is 0.224 e. The van der Waals surface area contributed by atoms with Crippen LogP contribution in [0.15, 0.2) is 29.6 Å². The van der Waals surface area contributed by atoms with Gasteiger partial charge >= 0.3 is 0 Å². The Hall–Kier alpha value is -1.88. The highest BCUT2D eigenvalue weighted by Crippen LogP contribution is 2.29. The van der Waals surface area contributed by atoms with E-state index in [1.807, 2.05) is 24.3 Å². The van der Waals surface area contributed by atoms with Crippen molar-refractivity contribution in [2.24, 2.45) is 5.41 Å². The van der Waals surface area contributed by atoms with Crippen LogP contribution in [0.25, 0.3) is 11.3 Å². The molecule has 1 heterocycles. The summed E-state index contributed by atoms with van der Waals surface area (Å²) in [6.45, 7) is 12.4. The largest absolute Gasteiger partial charge is 0.349 e. The molecule has 0 aliphatic rings. The molecular formula is C19H27N3OS.